The highest BCUT2D eigenvalue weighted by atomic mass is 16.5. The van der Waals surface area contributed by atoms with Gasteiger partial charge in [0.05, 0.1) is 7.11 Å². The number of rotatable bonds is 5. The van der Waals surface area contributed by atoms with Gasteiger partial charge in [0.25, 0.3) is 0 Å². The van der Waals surface area contributed by atoms with E-state index in [-0.39, 0.29) is 0 Å². The van der Waals surface area contributed by atoms with Gasteiger partial charge in [0.2, 0.25) is 5.88 Å². The lowest BCUT2D eigenvalue weighted by molar-refractivity contribution is 0.313. The van der Waals surface area contributed by atoms with Crippen molar-refractivity contribution in [3.8, 4) is 17.0 Å². The van der Waals surface area contributed by atoms with Crippen LogP contribution in [0, 0.1) is 0 Å². The van der Waals surface area contributed by atoms with E-state index < -0.39 is 0 Å². The van der Waals surface area contributed by atoms with Crippen LogP contribution in [0.15, 0.2) is 61.2 Å². The van der Waals surface area contributed by atoms with Crippen molar-refractivity contribution in [2.45, 2.75) is 18.9 Å². The van der Waals surface area contributed by atoms with Gasteiger partial charge in [0, 0.05) is 60.5 Å². The predicted molar refractivity (Wildman–Crippen MR) is 110 cm³/mol. The van der Waals surface area contributed by atoms with Crippen LogP contribution in [0.1, 0.15) is 23.7 Å². The van der Waals surface area contributed by atoms with E-state index in [1.54, 1.807) is 19.5 Å². The Morgan fingerprint density at radius 1 is 1.10 bits per heavy atom. The lowest BCUT2D eigenvalue weighted by Gasteiger charge is -2.16. The number of likely N-dealkylation sites (tertiary alicyclic amines) is 1. The highest BCUT2D eigenvalue weighted by molar-refractivity contribution is 5.63. The standard InChI is InChI=1S/C22H22N6O/c1-29-22-19(5-3-10-24-22)14-27-11-8-18(13-27)21-25-20-7-6-17(15-28(20)26-21)16-4-2-9-23-12-16/h2-7,9-10,12,15,18H,8,11,13-14H2,1H3/t18-/m0/s1. The van der Waals surface area contributed by atoms with E-state index >= 15 is 0 Å². The van der Waals surface area contributed by atoms with Gasteiger partial charge >= 0.3 is 0 Å². The molecular formula is C22H22N6O. The normalized spacial score (nSPS) is 17.1. The Labute approximate surface area is 169 Å². The number of fused-ring (bicyclic) bond motifs is 1. The summed E-state index contributed by atoms with van der Waals surface area (Å²) in [6, 6.07) is 12.1. The molecule has 146 valence electrons. The molecule has 0 unspecified atom stereocenters. The first-order valence-corrected chi connectivity index (χ1v) is 9.77. The molecule has 0 spiro atoms. The van der Waals surface area contributed by atoms with Crippen LogP contribution in [0.2, 0.25) is 0 Å². The summed E-state index contributed by atoms with van der Waals surface area (Å²) in [5.74, 6) is 1.94. The van der Waals surface area contributed by atoms with E-state index in [4.69, 9.17) is 14.8 Å². The Hall–Kier alpha value is -3.32. The zero-order valence-corrected chi connectivity index (χ0v) is 16.3. The lowest BCUT2D eigenvalue weighted by atomic mass is 10.1. The smallest absolute Gasteiger partial charge is 0.217 e. The molecule has 29 heavy (non-hydrogen) atoms. The molecule has 4 aromatic rings. The summed E-state index contributed by atoms with van der Waals surface area (Å²) in [7, 11) is 1.67. The molecule has 1 saturated heterocycles. The van der Waals surface area contributed by atoms with Crippen LogP contribution < -0.4 is 4.74 Å². The third-order valence-electron chi connectivity index (χ3n) is 5.42. The van der Waals surface area contributed by atoms with Crippen LogP contribution in [-0.4, -0.2) is 49.7 Å². The second-order valence-corrected chi connectivity index (χ2v) is 7.32. The fourth-order valence-corrected chi connectivity index (χ4v) is 3.93. The molecule has 7 nitrogen and oxygen atoms in total. The highest BCUT2D eigenvalue weighted by Crippen LogP contribution is 2.28. The van der Waals surface area contributed by atoms with Gasteiger partial charge in [-0.1, -0.05) is 12.1 Å². The van der Waals surface area contributed by atoms with Crippen molar-refractivity contribution >= 4 is 5.65 Å². The third kappa shape index (κ3) is 3.56. The Kier molecular flexibility index (Phi) is 4.65. The molecule has 0 aromatic carbocycles. The summed E-state index contributed by atoms with van der Waals surface area (Å²) in [6.07, 6.45) is 8.48. The summed E-state index contributed by atoms with van der Waals surface area (Å²) < 4.78 is 7.26. The van der Waals surface area contributed by atoms with Crippen LogP contribution in [0.5, 0.6) is 5.88 Å². The zero-order chi connectivity index (χ0) is 19.6. The molecule has 0 saturated carbocycles. The molecule has 0 bridgehead atoms. The number of pyridine rings is 3. The predicted octanol–water partition coefficient (Wildman–Crippen LogP) is 3.18. The van der Waals surface area contributed by atoms with E-state index in [1.807, 2.05) is 41.2 Å². The molecule has 0 aliphatic carbocycles. The molecule has 1 aliphatic heterocycles. The Morgan fingerprint density at radius 2 is 2.03 bits per heavy atom. The maximum absolute atomic E-state index is 5.38. The van der Waals surface area contributed by atoms with Crippen molar-refractivity contribution in [3.63, 3.8) is 0 Å². The maximum Gasteiger partial charge on any atom is 0.217 e. The summed E-state index contributed by atoms with van der Waals surface area (Å²) in [5, 5.41) is 4.78. The largest absolute Gasteiger partial charge is 0.481 e. The molecule has 4 aromatic heterocycles. The molecule has 1 aliphatic rings. The van der Waals surface area contributed by atoms with Crippen LogP contribution in [0.4, 0.5) is 0 Å². The SMILES string of the molecule is COc1ncccc1CN1CC[C@H](c2nc3ccc(-c4cccnc4)cn3n2)C1. The van der Waals surface area contributed by atoms with Crippen LogP contribution >= 0.6 is 0 Å². The van der Waals surface area contributed by atoms with Crippen LogP contribution in [0.25, 0.3) is 16.8 Å². The molecule has 0 radical (unpaired) electrons. The van der Waals surface area contributed by atoms with Gasteiger partial charge in [-0.3, -0.25) is 9.88 Å². The molecule has 0 N–H and O–H groups in total. The van der Waals surface area contributed by atoms with Crippen molar-refractivity contribution in [1.82, 2.24) is 29.5 Å². The van der Waals surface area contributed by atoms with Gasteiger partial charge in [-0.2, -0.15) is 5.10 Å². The quantitative estimate of drug-likeness (QED) is 0.525. The van der Waals surface area contributed by atoms with E-state index in [0.717, 1.165) is 54.2 Å². The monoisotopic (exact) mass is 386 g/mol. The van der Waals surface area contributed by atoms with Crippen LogP contribution in [-0.2, 0) is 6.54 Å². The van der Waals surface area contributed by atoms with Crippen LogP contribution in [0.3, 0.4) is 0 Å². The Balaban J connectivity index is 1.33. The fourth-order valence-electron chi connectivity index (χ4n) is 3.93. The number of aromatic nitrogens is 5. The number of hydrogen-bond donors (Lipinski definition) is 0. The summed E-state index contributed by atoms with van der Waals surface area (Å²) in [5.41, 5.74) is 4.14. The van der Waals surface area contributed by atoms with Gasteiger partial charge in [0.1, 0.15) is 0 Å². The molecule has 1 atom stereocenters. The summed E-state index contributed by atoms with van der Waals surface area (Å²) in [6.45, 7) is 2.77. The fraction of sp³-hybridized carbons (Fsp3) is 0.273. The topological polar surface area (TPSA) is 68.4 Å². The minimum atomic E-state index is 0.333. The molecule has 0 amide bonds. The summed E-state index contributed by atoms with van der Waals surface area (Å²) >= 11 is 0. The van der Waals surface area contributed by atoms with Gasteiger partial charge in [-0.25, -0.2) is 14.5 Å². The number of nitrogens with zero attached hydrogens (tertiary/aromatic N) is 6. The van der Waals surface area contributed by atoms with Crippen molar-refractivity contribution in [3.05, 3.63) is 72.6 Å². The second-order valence-electron chi connectivity index (χ2n) is 7.32. The first kappa shape index (κ1) is 17.8. The van der Waals surface area contributed by atoms with E-state index in [2.05, 4.69) is 27.0 Å². The van der Waals surface area contributed by atoms with E-state index in [0.29, 0.717) is 11.8 Å². The van der Waals surface area contributed by atoms with Crippen molar-refractivity contribution < 1.29 is 4.74 Å². The molecule has 1 fully saturated rings. The Bertz CT molecular complexity index is 1130. The molecule has 5 rings (SSSR count). The molecular weight excluding hydrogens is 364 g/mol. The van der Waals surface area contributed by atoms with E-state index in [1.165, 1.54) is 0 Å². The zero-order valence-electron chi connectivity index (χ0n) is 16.3. The van der Waals surface area contributed by atoms with Gasteiger partial charge < -0.3 is 4.74 Å². The molecule has 7 heteroatoms. The average Bonchev–Trinajstić information content (AvgIpc) is 3.41. The van der Waals surface area contributed by atoms with Crippen molar-refractivity contribution in [1.29, 1.82) is 0 Å². The van der Waals surface area contributed by atoms with Gasteiger partial charge in [-0.15, -0.1) is 0 Å². The van der Waals surface area contributed by atoms with E-state index in [9.17, 15) is 0 Å². The number of ether oxygens (including phenoxy) is 1. The van der Waals surface area contributed by atoms with Crippen molar-refractivity contribution in [2.24, 2.45) is 0 Å². The number of methoxy groups -OCH3 is 1. The van der Waals surface area contributed by atoms with Gasteiger partial charge in [-0.05, 0) is 37.2 Å². The first-order chi connectivity index (χ1) is 14.3. The summed E-state index contributed by atoms with van der Waals surface area (Å²) in [4.78, 5) is 15.7. The van der Waals surface area contributed by atoms with Gasteiger partial charge in [0.15, 0.2) is 11.5 Å². The van der Waals surface area contributed by atoms with Crippen molar-refractivity contribution in [2.75, 3.05) is 20.2 Å². The average molecular weight is 386 g/mol. The molecule has 5 heterocycles. The lowest BCUT2D eigenvalue weighted by Crippen LogP contribution is -2.20. The third-order valence-corrected chi connectivity index (χ3v) is 5.42. The minimum absolute atomic E-state index is 0.333. The first-order valence-electron chi connectivity index (χ1n) is 9.77. The Morgan fingerprint density at radius 3 is 2.90 bits per heavy atom. The second kappa shape index (κ2) is 7.60. The maximum atomic E-state index is 5.38. The number of hydrogen-bond acceptors (Lipinski definition) is 6. The highest BCUT2D eigenvalue weighted by Gasteiger charge is 2.27. The minimum Gasteiger partial charge on any atom is -0.481 e.